The number of imidazole rings is 1. The summed E-state index contributed by atoms with van der Waals surface area (Å²) in [5, 5.41) is 20.0. The molecule has 3 atom stereocenters. The summed E-state index contributed by atoms with van der Waals surface area (Å²) in [4.78, 5) is 27.3. The molecule has 15 heteroatoms. The standard InChI is InChI=1S/C23H27N3O2S.C8H5F4NO.C5H10O2.CH3.Cr/c1-15-24-21-14-18(12-13-22(21)25(15)2)29-26(3)17-10-8-16(9-11-17)19-6-4-5-7-20(19)23(27)28;9-6-3-5(8(10,11)12)1-2-7(6)13-4-14;6-3-5-1-2-7-4-5;;/h8-14,19-20H,4-7H2,1-3H3,(H,27,28);1-4H,(H,13,14);5-6H,1-4H2;1H3;/q;;;-1;/t19-,20?;;;;/m0..../s1. The number of carboxylic acid groups (broad SMARTS) is 1. The molecule has 1 aliphatic heterocycles. The van der Waals surface area contributed by atoms with Gasteiger partial charge >= 0.3 is 12.1 Å². The fraction of sp³-hybridized carbons (Fsp3) is 0.405. The van der Waals surface area contributed by atoms with Crippen molar-refractivity contribution in [2.24, 2.45) is 18.9 Å². The predicted molar refractivity (Wildman–Crippen MR) is 192 cm³/mol. The molecule has 2 heterocycles. The van der Waals surface area contributed by atoms with Gasteiger partial charge in [-0.25, -0.2) is 9.37 Å². The van der Waals surface area contributed by atoms with Gasteiger partial charge in [0.25, 0.3) is 0 Å². The Labute approximate surface area is 317 Å². The minimum atomic E-state index is -4.58. The first kappa shape index (κ1) is 44.6. The third kappa shape index (κ3) is 12.0. The SMILES string of the molecule is Cc1nc2cc(SN(C)c3ccc([C@@H]4CCCCC4C(=O)O)cc3)ccc2n1C.O=CNc1ccc(C(F)(F)F)cc1F.OCC1CCOC1.[CH3-].[Cr]. The van der Waals surface area contributed by atoms with Crippen molar-refractivity contribution in [3.63, 3.8) is 0 Å². The van der Waals surface area contributed by atoms with E-state index in [9.17, 15) is 32.3 Å². The zero-order chi connectivity index (χ0) is 36.4. The molecule has 1 amide bonds. The van der Waals surface area contributed by atoms with Gasteiger partial charge in [0, 0.05) is 61.2 Å². The number of halogens is 4. The van der Waals surface area contributed by atoms with Crippen molar-refractivity contribution < 1.29 is 59.5 Å². The number of aryl methyl sites for hydroxylation is 2. The molecular weight excluding hydrogens is 740 g/mol. The molecule has 0 radical (unpaired) electrons. The van der Waals surface area contributed by atoms with Crippen LogP contribution in [0.5, 0.6) is 0 Å². The van der Waals surface area contributed by atoms with Crippen LogP contribution in [0.2, 0.25) is 0 Å². The van der Waals surface area contributed by atoms with Crippen LogP contribution in [0.25, 0.3) is 11.0 Å². The maximum absolute atomic E-state index is 12.8. The summed E-state index contributed by atoms with van der Waals surface area (Å²) in [7, 11) is 4.08. The van der Waals surface area contributed by atoms with Crippen LogP contribution in [0, 0.1) is 32.0 Å². The van der Waals surface area contributed by atoms with Crippen LogP contribution >= 0.6 is 11.9 Å². The van der Waals surface area contributed by atoms with Crippen LogP contribution in [0.1, 0.15) is 55.0 Å². The largest absolute Gasteiger partial charge is 0.481 e. The van der Waals surface area contributed by atoms with E-state index in [0.717, 1.165) is 84.4 Å². The van der Waals surface area contributed by atoms with E-state index in [0.29, 0.717) is 24.7 Å². The molecule has 9 nitrogen and oxygen atoms in total. The number of anilines is 2. The topological polar surface area (TPSA) is 117 Å². The van der Waals surface area contributed by atoms with Crippen molar-refractivity contribution in [3.05, 3.63) is 90.9 Å². The Balaban J connectivity index is 0.000000338. The summed E-state index contributed by atoms with van der Waals surface area (Å²) in [5.74, 6) is -0.467. The maximum atomic E-state index is 12.8. The Kier molecular flexibility index (Phi) is 17.6. The van der Waals surface area contributed by atoms with Gasteiger partial charge in [0.2, 0.25) is 6.41 Å². The number of carbonyl (C=O) groups is 2. The van der Waals surface area contributed by atoms with Crippen molar-refractivity contribution in [1.29, 1.82) is 0 Å². The molecule has 2 fully saturated rings. The molecule has 284 valence electrons. The number of amides is 1. The monoisotopic (exact) mass is 785 g/mol. The average Bonchev–Trinajstić information content (AvgIpc) is 3.73. The Hall–Kier alpha value is -3.61. The van der Waals surface area contributed by atoms with Crippen molar-refractivity contribution in [2.75, 3.05) is 36.5 Å². The minimum Gasteiger partial charge on any atom is -0.481 e. The molecule has 1 aromatic heterocycles. The van der Waals surface area contributed by atoms with Crippen molar-refractivity contribution in [2.45, 2.75) is 56.0 Å². The zero-order valence-corrected chi connectivity index (χ0v) is 31.6. The van der Waals surface area contributed by atoms with Crippen molar-refractivity contribution in [3.8, 4) is 0 Å². The number of aromatic nitrogens is 2. The third-order valence-corrected chi connectivity index (χ3v) is 9.83. The molecule has 0 spiro atoms. The zero-order valence-electron chi connectivity index (χ0n) is 29.5. The number of carboxylic acids is 1. The molecule has 3 aromatic carbocycles. The average molecular weight is 786 g/mol. The van der Waals surface area contributed by atoms with E-state index in [1.54, 1.807) is 11.9 Å². The smallest absolute Gasteiger partial charge is 0.416 e. The quantitative estimate of drug-likeness (QED) is 0.0708. The van der Waals surface area contributed by atoms with Gasteiger partial charge in [-0.05, 0) is 98.1 Å². The minimum absolute atomic E-state index is 0. The number of hydrogen-bond acceptors (Lipinski definition) is 7. The van der Waals surface area contributed by atoms with E-state index in [1.165, 1.54) is 0 Å². The number of aliphatic hydroxyl groups excluding tert-OH is 1. The number of fused-ring (bicyclic) bond motifs is 1. The normalized spacial score (nSPS) is 18.0. The molecule has 6 rings (SSSR count). The molecule has 52 heavy (non-hydrogen) atoms. The van der Waals surface area contributed by atoms with Crippen LogP contribution in [0.3, 0.4) is 0 Å². The van der Waals surface area contributed by atoms with E-state index < -0.39 is 23.5 Å². The number of aliphatic hydroxyl groups is 1. The Bertz CT molecular complexity index is 1740. The molecule has 0 bridgehead atoms. The summed E-state index contributed by atoms with van der Waals surface area (Å²) >= 11 is 1.66. The number of ether oxygens (including phenoxy) is 1. The van der Waals surface area contributed by atoms with Gasteiger partial charge < -0.3 is 36.6 Å². The van der Waals surface area contributed by atoms with Gasteiger partial charge in [-0.2, -0.15) is 13.2 Å². The van der Waals surface area contributed by atoms with Gasteiger partial charge in [0.05, 0.1) is 34.8 Å². The second kappa shape index (κ2) is 20.6. The molecule has 1 saturated carbocycles. The molecule has 4 aromatic rings. The van der Waals surface area contributed by atoms with E-state index in [2.05, 4.69) is 56.3 Å². The van der Waals surface area contributed by atoms with Crippen LogP contribution in [-0.2, 0) is 44.9 Å². The Morgan fingerprint density at radius 3 is 2.35 bits per heavy atom. The first-order valence-corrected chi connectivity index (χ1v) is 17.0. The number of nitrogens with zero attached hydrogens (tertiary/aromatic N) is 3. The predicted octanol–water partition coefficient (Wildman–Crippen LogP) is 8.26. The van der Waals surface area contributed by atoms with Gasteiger partial charge in [0.1, 0.15) is 11.6 Å². The molecule has 3 N–H and O–H groups in total. The molecule has 2 aliphatic rings. The number of rotatable bonds is 8. The number of alkyl halides is 3. The fourth-order valence-electron chi connectivity index (χ4n) is 5.92. The second-order valence-electron chi connectivity index (χ2n) is 12.3. The Morgan fingerprint density at radius 1 is 1.10 bits per heavy atom. The number of carbonyl (C=O) groups excluding carboxylic acids is 1. The van der Waals surface area contributed by atoms with Crippen molar-refractivity contribution in [1.82, 2.24) is 9.55 Å². The van der Waals surface area contributed by atoms with Gasteiger partial charge in [-0.1, -0.05) is 25.0 Å². The summed E-state index contributed by atoms with van der Waals surface area (Å²) in [6, 6.07) is 16.6. The van der Waals surface area contributed by atoms with Crippen LogP contribution in [0.15, 0.2) is 65.6 Å². The van der Waals surface area contributed by atoms with Crippen LogP contribution in [-0.4, -0.2) is 59.0 Å². The summed E-state index contributed by atoms with van der Waals surface area (Å²) in [5.41, 5.74) is 3.01. The number of aliphatic carboxylic acids is 1. The third-order valence-electron chi connectivity index (χ3n) is 8.88. The molecule has 1 aliphatic carbocycles. The van der Waals surface area contributed by atoms with E-state index in [1.807, 2.05) is 26.3 Å². The number of hydrogen-bond donors (Lipinski definition) is 3. The van der Waals surface area contributed by atoms with Crippen LogP contribution < -0.4 is 9.62 Å². The van der Waals surface area contributed by atoms with E-state index in [4.69, 9.17) is 9.84 Å². The Morgan fingerprint density at radius 2 is 1.79 bits per heavy atom. The van der Waals surface area contributed by atoms with Gasteiger partial charge in [-0.3, -0.25) is 9.59 Å². The van der Waals surface area contributed by atoms with Gasteiger partial charge in [-0.15, -0.1) is 0 Å². The van der Waals surface area contributed by atoms with Gasteiger partial charge in [0.15, 0.2) is 0 Å². The summed E-state index contributed by atoms with van der Waals surface area (Å²) in [6.45, 7) is 3.91. The number of benzene rings is 3. The summed E-state index contributed by atoms with van der Waals surface area (Å²) < 4.78 is 58.2. The maximum Gasteiger partial charge on any atom is 0.416 e. The molecular formula is C37H45CrF4N4O5S-. The molecule has 1 saturated heterocycles. The van der Waals surface area contributed by atoms with Crippen LogP contribution in [0.4, 0.5) is 28.9 Å². The molecule has 2 unspecified atom stereocenters. The number of nitrogens with one attached hydrogen (secondary N) is 1. The van der Waals surface area contributed by atoms with E-state index in [-0.39, 0.29) is 48.7 Å². The first-order chi connectivity index (χ1) is 23.8. The van der Waals surface area contributed by atoms with Crippen molar-refractivity contribution >= 4 is 46.7 Å². The second-order valence-corrected chi connectivity index (χ2v) is 13.5. The first-order valence-electron chi connectivity index (χ1n) is 16.3. The summed E-state index contributed by atoms with van der Waals surface area (Å²) in [6.07, 6.45) is 0.520. The van der Waals surface area contributed by atoms with E-state index >= 15 is 0 Å². The fourth-order valence-corrected chi connectivity index (χ4v) is 6.76.